The summed E-state index contributed by atoms with van der Waals surface area (Å²) >= 11 is 1.58. The first kappa shape index (κ1) is 12.0. The molecule has 1 N–H and O–H groups in total. The topological polar surface area (TPSA) is 28.2 Å². The van der Waals surface area contributed by atoms with E-state index in [2.05, 4.69) is 10.3 Å². The van der Waals surface area contributed by atoms with Gasteiger partial charge in [0, 0.05) is 24.7 Å². The predicted molar refractivity (Wildman–Crippen MR) is 69.3 cm³/mol. The second-order valence-electron chi connectivity index (χ2n) is 3.69. The van der Waals surface area contributed by atoms with Crippen molar-refractivity contribution in [1.82, 2.24) is 10.3 Å². The molecule has 0 spiro atoms. The van der Waals surface area contributed by atoms with Crippen LogP contribution in [0, 0.1) is 5.82 Å². The van der Waals surface area contributed by atoms with Crippen LogP contribution in [0.15, 0.2) is 29.6 Å². The summed E-state index contributed by atoms with van der Waals surface area (Å²) in [6.07, 6.45) is 0. The van der Waals surface area contributed by atoms with Gasteiger partial charge in [-0.3, -0.25) is 0 Å². The van der Waals surface area contributed by atoms with Gasteiger partial charge in [0.25, 0.3) is 0 Å². The molecule has 0 aliphatic heterocycles. The molecule has 2 rings (SSSR count). The summed E-state index contributed by atoms with van der Waals surface area (Å²) in [6.45, 7) is 0.758. The van der Waals surface area contributed by atoms with Crippen molar-refractivity contribution in [2.75, 3.05) is 19.0 Å². The highest BCUT2D eigenvalue weighted by atomic mass is 32.1. The molecule has 0 aliphatic rings. The summed E-state index contributed by atoms with van der Waals surface area (Å²) in [5, 5.41) is 5.98. The number of hydrogen-bond acceptors (Lipinski definition) is 4. The fraction of sp³-hybridized carbons (Fsp3) is 0.250. The molecule has 0 radical (unpaired) electrons. The molecule has 5 heteroatoms. The number of anilines is 2. The third kappa shape index (κ3) is 2.81. The van der Waals surface area contributed by atoms with Crippen molar-refractivity contribution in [2.24, 2.45) is 0 Å². The van der Waals surface area contributed by atoms with Crippen LogP contribution in [0.5, 0.6) is 0 Å². The molecular weight excluding hydrogens is 237 g/mol. The number of rotatable bonds is 4. The molecule has 17 heavy (non-hydrogen) atoms. The minimum Gasteiger partial charge on any atom is -0.321 e. The second-order valence-corrected chi connectivity index (χ2v) is 4.52. The van der Waals surface area contributed by atoms with Gasteiger partial charge in [-0.15, -0.1) is 11.3 Å². The summed E-state index contributed by atoms with van der Waals surface area (Å²) in [5.41, 5.74) is 1.94. The van der Waals surface area contributed by atoms with Gasteiger partial charge in [0.15, 0.2) is 5.13 Å². The van der Waals surface area contributed by atoms with E-state index < -0.39 is 0 Å². The van der Waals surface area contributed by atoms with E-state index in [1.165, 1.54) is 12.1 Å². The number of nitrogens with one attached hydrogen (secondary N) is 1. The molecule has 2 aromatic rings. The monoisotopic (exact) mass is 251 g/mol. The van der Waals surface area contributed by atoms with E-state index in [0.29, 0.717) is 0 Å². The molecule has 0 aliphatic carbocycles. The van der Waals surface area contributed by atoms with E-state index in [1.54, 1.807) is 23.5 Å². The highest BCUT2D eigenvalue weighted by Gasteiger charge is 2.08. The summed E-state index contributed by atoms with van der Waals surface area (Å²) in [7, 11) is 3.82. The Hall–Kier alpha value is -1.46. The van der Waals surface area contributed by atoms with Gasteiger partial charge in [-0.05, 0) is 31.3 Å². The maximum absolute atomic E-state index is 12.8. The zero-order valence-electron chi connectivity index (χ0n) is 9.77. The zero-order chi connectivity index (χ0) is 12.3. The van der Waals surface area contributed by atoms with Crippen LogP contribution in [0.3, 0.4) is 0 Å². The Morgan fingerprint density at radius 2 is 2.06 bits per heavy atom. The molecule has 0 unspecified atom stereocenters. The van der Waals surface area contributed by atoms with Crippen LogP contribution < -0.4 is 10.2 Å². The Bertz CT molecular complexity index is 481. The number of thiazole rings is 1. The first-order valence-electron chi connectivity index (χ1n) is 5.29. The SMILES string of the molecule is CNCc1csc(N(C)c2ccc(F)cc2)n1. The first-order chi connectivity index (χ1) is 8.20. The van der Waals surface area contributed by atoms with Crippen molar-refractivity contribution >= 4 is 22.2 Å². The van der Waals surface area contributed by atoms with Crippen LogP contribution in [-0.2, 0) is 6.54 Å². The van der Waals surface area contributed by atoms with Crippen LogP contribution in [0.4, 0.5) is 15.2 Å². The van der Waals surface area contributed by atoms with Gasteiger partial charge in [0.2, 0.25) is 0 Å². The number of aromatic nitrogens is 1. The quantitative estimate of drug-likeness (QED) is 0.905. The number of nitrogens with zero attached hydrogens (tertiary/aromatic N) is 2. The normalized spacial score (nSPS) is 10.5. The van der Waals surface area contributed by atoms with E-state index in [1.807, 2.05) is 24.4 Å². The lowest BCUT2D eigenvalue weighted by Gasteiger charge is -2.15. The van der Waals surface area contributed by atoms with E-state index in [-0.39, 0.29) is 5.82 Å². The van der Waals surface area contributed by atoms with E-state index in [0.717, 1.165) is 23.1 Å². The average molecular weight is 251 g/mol. The van der Waals surface area contributed by atoms with Crippen LogP contribution in [0.25, 0.3) is 0 Å². The molecule has 0 saturated carbocycles. The third-order valence-corrected chi connectivity index (χ3v) is 3.36. The molecule has 0 atom stereocenters. The standard InChI is InChI=1S/C12H14FN3S/c1-14-7-10-8-17-12(15-10)16(2)11-5-3-9(13)4-6-11/h3-6,8,14H,7H2,1-2H3. The van der Waals surface area contributed by atoms with Crippen LogP contribution >= 0.6 is 11.3 Å². The Balaban J connectivity index is 2.18. The lowest BCUT2D eigenvalue weighted by molar-refractivity contribution is 0.628. The fourth-order valence-electron chi connectivity index (χ4n) is 1.49. The Morgan fingerprint density at radius 3 is 2.71 bits per heavy atom. The minimum atomic E-state index is -0.225. The second kappa shape index (κ2) is 5.25. The fourth-order valence-corrected chi connectivity index (χ4v) is 2.30. The smallest absolute Gasteiger partial charge is 0.189 e. The van der Waals surface area contributed by atoms with Gasteiger partial charge in [-0.1, -0.05) is 0 Å². The van der Waals surface area contributed by atoms with E-state index in [4.69, 9.17) is 0 Å². The minimum absolute atomic E-state index is 0.225. The summed E-state index contributed by atoms with van der Waals surface area (Å²) in [6, 6.07) is 6.39. The van der Waals surface area contributed by atoms with Gasteiger partial charge < -0.3 is 10.2 Å². The van der Waals surface area contributed by atoms with Crippen molar-refractivity contribution in [3.63, 3.8) is 0 Å². The Labute approximate surface area is 104 Å². The number of benzene rings is 1. The van der Waals surface area contributed by atoms with Gasteiger partial charge in [-0.2, -0.15) is 0 Å². The van der Waals surface area contributed by atoms with E-state index in [9.17, 15) is 4.39 Å². The molecule has 0 bridgehead atoms. The molecule has 90 valence electrons. The van der Waals surface area contributed by atoms with Gasteiger partial charge >= 0.3 is 0 Å². The van der Waals surface area contributed by atoms with Crippen molar-refractivity contribution in [1.29, 1.82) is 0 Å². The molecule has 1 heterocycles. The van der Waals surface area contributed by atoms with Crippen molar-refractivity contribution in [3.05, 3.63) is 41.2 Å². The van der Waals surface area contributed by atoms with E-state index >= 15 is 0 Å². The maximum atomic E-state index is 12.8. The molecule has 0 amide bonds. The largest absolute Gasteiger partial charge is 0.321 e. The Morgan fingerprint density at radius 1 is 1.35 bits per heavy atom. The summed E-state index contributed by atoms with van der Waals surface area (Å²) < 4.78 is 12.8. The van der Waals surface area contributed by atoms with Gasteiger partial charge in [0.1, 0.15) is 5.82 Å². The lowest BCUT2D eigenvalue weighted by Crippen LogP contribution is -2.10. The third-order valence-electron chi connectivity index (χ3n) is 2.40. The lowest BCUT2D eigenvalue weighted by atomic mass is 10.3. The molecule has 1 aromatic carbocycles. The summed E-state index contributed by atoms with van der Waals surface area (Å²) in [4.78, 5) is 6.43. The molecule has 0 saturated heterocycles. The maximum Gasteiger partial charge on any atom is 0.189 e. The highest BCUT2D eigenvalue weighted by Crippen LogP contribution is 2.26. The molecular formula is C12H14FN3S. The molecule has 1 aromatic heterocycles. The number of hydrogen-bond donors (Lipinski definition) is 1. The highest BCUT2D eigenvalue weighted by molar-refractivity contribution is 7.13. The molecule has 3 nitrogen and oxygen atoms in total. The predicted octanol–water partition coefficient (Wildman–Crippen LogP) is 2.77. The van der Waals surface area contributed by atoms with Gasteiger partial charge in [0.05, 0.1) is 5.69 Å². The van der Waals surface area contributed by atoms with Gasteiger partial charge in [-0.25, -0.2) is 9.37 Å². The van der Waals surface area contributed by atoms with Crippen molar-refractivity contribution in [3.8, 4) is 0 Å². The molecule has 0 fully saturated rings. The van der Waals surface area contributed by atoms with Crippen molar-refractivity contribution < 1.29 is 4.39 Å². The zero-order valence-corrected chi connectivity index (χ0v) is 10.6. The number of halogens is 1. The first-order valence-corrected chi connectivity index (χ1v) is 6.17. The van der Waals surface area contributed by atoms with Crippen LogP contribution in [0.1, 0.15) is 5.69 Å². The van der Waals surface area contributed by atoms with Crippen molar-refractivity contribution in [2.45, 2.75) is 6.54 Å². The summed E-state index contributed by atoms with van der Waals surface area (Å²) in [5.74, 6) is -0.225. The van der Waals surface area contributed by atoms with Crippen LogP contribution in [-0.4, -0.2) is 19.1 Å². The average Bonchev–Trinajstić information content (AvgIpc) is 2.78. The Kier molecular flexibility index (Phi) is 3.71. The van der Waals surface area contributed by atoms with Crippen LogP contribution in [0.2, 0.25) is 0 Å².